The molecule has 0 bridgehead atoms. The molecule has 9 nitrogen and oxygen atoms in total. The molecule has 3 amide bonds. The van der Waals surface area contributed by atoms with E-state index in [9.17, 15) is 19.2 Å². The molecule has 220 valence electrons. The quantitative estimate of drug-likeness (QED) is 0.353. The van der Waals surface area contributed by atoms with Gasteiger partial charge in [-0.05, 0) is 62.2 Å². The first-order valence-corrected chi connectivity index (χ1v) is 14.6. The Labute approximate surface area is 242 Å². The van der Waals surface area contributed by atoms with Crippen molar-refractivity contribution in [3.63, 3.8) is 0 Å². The number of hydrogen-bond donors (Lipinski definition) is 4. The first-order chi connectivity index (χ1) is 19.7. The molecule has 2 aromatic rings. The summed E-state index contributed by atoms with van der Waals surface area (Å²) >= 11 is 0. The van der Waals surface area contributed by atoms with Crippen LogP contribution in [0.3, 0.4) is 0 Å². The Morgan fingerprint density at radius 3 is 1.83 bits per heavy atom. The summed E-state index contributed by atoms with van der Waals surface area (Å²) in [5.74, 6) is -1.53. The average Bonchev–Trinajstić information content (AvgIpc) is 3.00. The molecule has 2 saturated heterocycles. The fourth-order valence-corrected chi connectivity index (χ4v) is 6.31. The van der Waals surface area contributed by atoms with Gasteiger partial charge in [0.25, 0.3) is 0 Å². The molecule has 0 saturated carbocycles. The van der Waals surface area contributed by atoms with Gasteiger partial charge in [-0.3, -0.25) is 19.2 Å². The molecule has 0 aromatic heterocycles. The molecule has 0 spiro atoms. The van der Waals surface area contributed by atoms with Crippen LogP contribution in [0, 0.1) is 5.92 Å². The number of amides is 3. The van der Waals surface area contributed by atoms with Gasteiger partial charge in [-0.1, -0.05) is 74.5 Å². The number of carboxylic acids is 1. The number of hydrogen-bond acceptors (Lipinski definition) is 5. The van der Waals surface area contributed by atoms with Gasteiger partial charge in [-0.15, -0.1) is 0 Å². The maximum Gasteiger partial charge on any atom is 0.322 e. The second-order valence-electron chi connectivity index (χ2n) is 11.7. The molecule has 41 heavy (non-hydrogen) atoms. The predicted molar refractivity (Wildman–Crippen MR) is 156 cm³/mol. The van der Waals surface area contributed by atoms with Crippen LogP contribution < -0.4 is 16.0 Å². The van der Waals surface area contributed by atoms with Gasteiger partial charge in [0, 0.05) is 13.1 Å². The number of likely N-dealkylation sites (tertiary alicyclic amines) is 1. The largest absolute Gasteiger partial charge is 0.480 e. The standard InChI is InChI=1S/C32H42N4O5/c1-23(2)21-26(35-30(41)31(13-17-33-18-14-31)24-9-5-3-6-10-24)28(39)36-19-15-32(16-20-36,25-11-7-4-8-12-25)29(40)34-22-27(37)38/h3-12,23,26,33H,13-22H2,1-2H3,(H,34,40)(H,35,41)(H,37,38)/t26-/m1/s1. The smallest absolute Gasteiger partial charge is 0.322 e. The monoisotopic (exact) mass is 562 g/mol. The van der Waals surface area contributed by atoms with Crippen molar-refractivity contribution in [2.75, 3.05) is 32.7 Å². The summed E-state index contributed by atoms with van der Waals surface area (Å²) in [6.45, 7) is 5.71. The summed E-state index contributed by atoms with van der Waals surface area (Å²) < 4.78 is 0. The van der Waals surface area contributed by atoms with Crippen molar-refractivity contribution < 1.29 is 24.3 Å². The topological polar surface area (TPSA) is 128 Å². The maximum absolute atomic E-state index is 14.0. The highest BCUT2D eigenvalue weighted by atomic mass is 16.4. The van der Waals surface area contributed by atoms with E-state index in [1.165, 1.54) is 0 Å². The van der Waals surface area contributed by atoms with Gasteiger partial charge in [0.15, 0.2) is 0 Å². The van der Waals surface area contributed by atoms with E-state index in [1.807, 2.05) is 74.5 Å². The lowest BCUT2D eigenvalue weighted by molar-refractivity contribution is -0.142. The molecular formula is C32H42N4O5. The lowest BCUT2D eigenvalue weighted by Gasteiger charge is -2.42. The van der Waals surface area contributed by atoms with Crippen LogP contribution in [0.5, 0.6) is 0 Å². The number of piperidine rings is 2. The minimum atomic E-state index is -1.11. The summed E-state index contributed by atoms with van der Waals surface area (Å²) in [7, 11) is 0. The van der Waals surface area contributed by atoms with Crippen LogP contribution in [0.25, 0.3) is 0 Å². The Hall–Kier alpha value is -3.72. The van der Waals surface area contributed by atoms with Crippen molar-refractivity contribution in [2.24, 2.45) is 5.92 Å². The summed E-state index contributed by atoms with van der Waals surface area (Å²) in [5, 5.41) is 18.2. The number of carbonyl (C=O) groups is 4. The summed E-state index contributed by atoms with van der Waals surface area (Å²) in [4.78, 5) is 54.2. The fraction of sp³-hybridized carbons (Fsp3) is 0.500. The van der Waals surface area contributed by atoms with Crippen molar-refractivity contribution in [3.8, 4) is 0 Å². The molecule has 2 aromatic carbocycles. The van der Waals surface area contributed by atoms with Gasteiger partial charge in [0.2, 0.25) is 17.7 Å². The Balaban J connectivity index is 1.53. The molecule has 9 heteroatoms. The minimum Gasteiger partial charge on any atom is -0.480 e. The molecule has 2 aliphatic rings. The van der Waals surface area contributed by atoms with E-state index in [-0.39, 0.29) is 23.6 Å². The summed E-state index contributed by atoms with van der Waals surface area (Å²) in [6, 6.07) is 18.5. The Kier molecular flexibility index (Phi) is 9.81. The van der Waals surface area contributed by atoms with Crippen LogP contribution in [0.2, 0.25) is 0 Å². The molecule has 4 N–H and O–H groups in total. The predicted octanol–water partition coefficient (Wildman–Crippen LogP) is 2.60. The Bertz CT molecular complexity index is 1200. The maximum atomic E-state index is 14.0. The highest BCUT2D eigenvalue weighted by Gasteiger charge is 2.46. The second-order valence-corrected chi connectivity index (χ2v) is 11.7. The number of carboxylic acid groups (broad SMARTS) is 1. The van der Waals surface area contributed by atoms with Crippen LogP contribution in [-0.2, 0) is 30.0 Å². The number of aliphatic carboxylic acids is 1. The SMILES string of the molecule is CC(C)C[C@@H](NC(=O)C1(c2ccccc2)CCNCC1)C(=O)N1CCC(C(=O)NCC(=O)O)(c2ccccc2)CC1. The molecular weight excluding hydrogens is 520 g/mol. The second kappa shape index (κ2) is 13.3. The van der Waals surface area contributed by atoms with Crippen LogP contribution in [-0.4, -0.2) is 72.5 Å². The van der Waals surface area contributed by atoms with Gasteiger partial charge in [-0.25, -0.2) is 0 Å². The molecule has 2 fully saturated rings. The Morgan fingerprint density at radius 1 is 0.829 bits per heavy atom. The van der Waals surface area contributed by atoms with E-state index in [1.54, 1.807) is 4.90 Å². The molecule has 2 aliphatic heterocycles. The number of benzene rings is 2. The molecule has 2 heterocycles. The van der Waals surface area contributed by atoms with Gasteiger partial charge in [-0.2, -0.15) is 0 Å². The van der Waals surface area contributed by atoms with Gasteiger partial charge < -0.3 is 26.0 Å². The number of carbonyl (C=O) groups excluding carboxylic acids is 3. The van der Waals surface area contributed by atoms with Crippen LogP contribution in [0.15, 0.2) is 60.7 Å². The first-order valence-electron chi connectivity index (χ1n) is 14.6. The van der Waals surface area contributed by atoms with E-state index in [2.05, 4.69) is 16.0 Å². The molecule has 1 atom stereocenters. The van der Waals surface area contributed by atoms with Crippen LogP contribution in [0.4, 0.5) is 0 Å². The third-order valence-corrected chi connectivity index (χ3v) is 8.62. The zero-order valence-electron chi connectivity index (χ0n) is 24.0. The lowest BCUT2D eigenvalue weighted by Crippen LogP contribution is -2.59. The van der Waals surface area contributed by atoms with E-state index in [0.717, 1.165) is 24.2 Å². The van der Waals surface area contributed by atoms with Gasteiger partial charge in [0.05, 0.1) is 10.8 Å². The van der Waals surface area contributed by atoms with E-state index < -0.39 is 29.4 Å². The highest BCUT2D eigenvalue weighted by Crippen LogP contribution is 2.37. The van der Waals surface area contributed by atoms with E-state index in [0.29, 0.717) is 45.2 Å². The van der Waals surface area contributed by atoms with Gasteiger partial charge >= 0.3 is 5.97 Å². The lowest BCUT2D eigenvalue weighted by atomic mass is 9.71. The number of nitrogens with one attached hydrogen (secondary N) is 3. The van der Waals surface area contributed by atoms with Crippen molar-refractivity contribution in [1.82, 2.24) is 20.9 Å². The third kappa shape index (κ3) is 6.78. The number of nitrogens with zero attached hydrogens (tertiary/aromatic N) is 1. The van der Waals surface area contributed by atoms with E-state index in [4.69, 9.17) is 5.11 Å². The van der Waals surface area contributed by atoms with Crippen molar-refractivity contribution >= 4 is 23.7 Å². The minimum absolute atomic E-state index is 0.118. The first kappa shape index (κ1) is 30.2. The van der Waals surface area contributed by atoms with Gasteiger partial charge in [0.1, 0.15) is 12.6 Å². The molecule has 0 radical (unpaired) electrons. The molecule has 0 aliphatic carbocycles. The summed E-state index contributed by atoms with van der Waals surface area (Å²) in [6.07, 6.45) is 2.53. The van der Waals surface area contributed by atoms with E-state index >= 15 is 0 Å². The van der Waals surface area contributed by atoms with Crippen molar-refractivity contribution in [2.45, 2.75) is 62.8 Å². The normalized spacial score (nSPS) is 18.8. The third-order valence-electron chi connectivity index (χ3n) is 8.62. The zero-order valence-corrected chi connectivity index (χ0v) is 24.0. The van der Waals surface area contributed by atoms with Crippen LogP contribution in [0.1, 0.15) is 57.1 Å². The number of rotatable bonds is 10. The molecule has 0 unspecified atom stereocenters. The average molecular weight is 563 g/mol. The van der Waals surface area contributed by atoms with Crippen LogP contribution >= 0.6 is 0 Å². The zero-order chi connectivity index (χ0) is 29.5. The Morgan fingerprint density at radius 2 is 1.34 bits per heavy atom. The highest BCUT2D eigenvalue weighted by molar-refractivity contribution is 5.94. The fourth-order valence-electron chi connectivity index (χ4n) is 6.31. The van der Waals surface area contributed by atoms with Crippen molar-refractivity contribution in [3.05, 3.63) is 71.8 Å². The molecule has 4 rings (SSSR count). The van der Waals surface area contributed by atoms with Crippen molar-refractivity contribution in [1.29, 1.82) is 0 Å². The summed E-state index contributed by atoms with van der Waals surface area (Å²) in [5.41, 5.74) is 0.135.